The van der Waals surface area contributed by atoms with Gasteiger partial charge >= 0.3 is 18.0 Å². The number of cyclic esters (lactones) is 1. The number of carbonyl (C=O) groups excluding carboxylic acids is 5. The van der Waals surface area contributed by atoms with Crippen molar-refractivity contribution in [1.82, 2.24) is 10.2 Å². The van der Waals surface area contributed by atoms with E-state index >= 15 is 0 Å². The number of esters is 2. The second kappa shape index (κ2) is 15.3. The normalized spacial score (nSPS) is 42.3. The third-order valence-electron chi connectivity index (χ3n) is 10.5. The molecule has 0 aromatic heterocycles. The van der Waals surface area contributed by atoms with Crippen LogP contribution in [0.15, 0.2) is 0 Å². The number of carbonyl (C=O) groups is 5. The number of aliphatic hydroxyl groups is 1. The number of aliphatic hydroxyl groups excluding tert-OH is 1. The molecule has 13 atom stereocenters. The van der Waals surface area contributed by atoms with Gasteiger partial charge in [-0.05, 0) is 68.0 Å². The maximum atomic E-state index is 14.2. The van der Waals surface area contributed by atoms with Gasteiger partial charge in [0.05, 0.1) is 12.5 Å². The van der Waals surface area contributed by atoms with Crippen molar-refractivity contribution in [2.45, 2.75) is 136 Å². The Labute approximate surface area is 278 Å². The molecule has 13 nitrogen and oxygen atoms in total. The topological polar surface area (TPSA) is 167 Å². The number of likely N-dealkylation sites (N-methyl/N-ethyl adjacent to an activating group) is 1. The highest BCUT2D eigenvalue weighted by atomic mass is 16.7. The zero-order valence-corrected chi connectivity index (χ0v) is 29.9. The van der Waals surface area contributed by atoms with Crippen LogP contribution in [-0.2, 0) is 42.9 Å². The van der Waals surface area contributed by atoms with Gasteiger partial charge < -0.3 is 39.0 Å². The van der Waals surface area contributed by atoms with E-state index in [4.69, 9.17) is 23.7 Å². The van der Waals surface area contributed by atoms with Crippen LogP contribution in [0.1, 0.15) is 88.0 Å². The number of rotatable bonds is 6. The molecule has 2 unspecified atom stereocenters. The Morgan fingerprint density at radius 2 is 1.66 bits per heavy atom. The van der Waals surface area contributed by atoms with Crippen molar-refractivity contribution in [2.75, 3.05) is 20.6 Å². The maximum Gasteiger partial charge on any atom is 0.407 e. The smallest absolute Gasteiger partial charge is 0.407 e. The van der Waals surface area contributed by atoms with Crippen LogP contribution in [0.2, 0.25) is 0 Å². The first-order valence-corrected chi connectivity index (χ1v) is 16.9. The number of hydrogen-bond acceptors (Lipinski definition) is 12. The van der Waals surface area contributed by atoms with Crippen molar-refractivity contribution in [3.05, 3.63) is 0 Å². The van der Waals surface area contributed by atoms with Crippen molar-refractivity contribution in [2.24, 2.45) is 29.6 Å². The third kappa shape index (κ3) is 8.17. The molecule has 0 bridgehead atoms. The molecule has 0 saturated carbocycles. The van der Waals surface area contributed by atoms with E-state index in [0.29, 0.717) is 6.42 Å². The van der Waals surface area contributed by atoms with Crippen molar-refractivity contribution in [3.63, 3.8) is 0 Å². The van der Waals surface area contributed by atoms with E-state index < -0.39 is 89.2 Å². The van der Waals surface area contributed by atoms with Crippen molar-refractivity contribution < 1.29 is 52.8 Å². The molecule has 3 aliphatic rings. The van der Waals surface area contributed by atoms with Crippen LogP contribution in [-0.4, -0.2) is 108 Å². The Kier molecular flexibility index (Phi) is 12.6. The highest BCUT2D eigenvalue weighted by molar-refractivity contribution is 6.00. The van der Waals surface area contributed by atoms with E-state index in [1.54, 1.807) is 48.5 Å². The quantitative estimate of drug-likeness (QED) is 0.242. The SMILES string of the molecule is CCNC(=O)O[C@]1(C)C[C@@H](C)C(=O)C(C)C2CC(=O)O[C@]2(C)[C@@H](CC)OC(=O)[C@H](C)C(=O)[C@H](C)[C@H]1O[C@@H]1O[C@H](C)C[C@H](N(C)C)[C@H]1O. The van der Waals surface area contributed by atoms with E-state index in [-0.39, 0.29) is 43.7 Å². The van der Waals surface area contributed by atoms with Gasteiger partial charge in [0.25, 0.3) is 0 Å². The summed E-state index contributed by atoms with van der Waals surface area (Å²) >= 11 is 0. The molecule has 3 fully saturated rings. The van der Waals surface area contributed by atoms with Crippen molar-refractivity contribution in [1.29, 1.82) is 0 Å². The van der Waals surface area contributed by atoms with E-state index in [1.165, 1.54) is 6.92 Å². The van der Waals surface area contributed by atoms with Gasteiger partial charge in [0.15, 0.2) is 12.1 Å². The lowest BCUT2D eigenvalue weighted by atomic mass is 9.70. The van der Waals surface area contributed by atoms with Crippen LogP contribution in [0.5, 0.6) is 0 Å². The number of amides is 1. The minimum absolute atomic E-state index is 0.0454. The summed E-state index contributed by atoms with van der Waals surface area (Å²) in [6, 6.07) is -0.337. The number of fused-ring (bicyclic) bond motifs is 1. The first-order chi connectivity index (χ1) is 21.8. The fraction of sp³-hybridized carbons (Fsp3) is 0.853. The average molecular weight is 669 g/mol. The Bertz CT molecular complexity index is 1180. The summed E-state index contributed by atoms with van der Waals surface area (Å²) in [6.45, 7) is 15.3. The lowest BCUT2D eigenvalue weighted by molar-refractivity contribution is -0.292. The molecule has 0 aliphatic carbocycles. The molecule has 47 heavy (non-hydrogen) atoms. The summed E-state index contributed by atoms with van der Waals surface area (Å²) < 4.78 is 30.3. The zero-order chi connectivity index (χ0) is 35.6. The Balaban J connectivity index is 2.18. The number of nitrogens with zero attached hydrogens (tertiary/aromatic N) is 1. The standard InChI is InChI=1S/C34H56N2O11/c1-12-24-34(9)22(15-25(37)46-34)19(5)26(38)17(3)16-33(8,47-32(42)35-13-2)29(20(6)27(39)21(7)30(41)44-24)45-31-28(40)23(36(10)11)14-18(4)43-31/h17-24,28-29,31,40H,12-16H2,1-11H3,(H,35,42)/t17-,18-,19?,20+,21-,22?,23+,24-,28-,29-,31+,33-,34+/m1/s1. The lowest BCUT2D eigenvalue weighted by Crippen LogP contribution is -2.60. The van der Waals surface area contributed by atoms with Gasteiger partial charge in [-0.2, -0.15) is 0 Å². The first kappa shape index (κ1) is 38.8. The summed E-state index contributed by atoms with van der Waals surface area (Å²) in [5.41, 5.74) is -2.93. The van der Waals surface area contributed by atoms with E-state index in [2.05, 4.69) is 5.32 Å². The summed E-state index contributed by atoms with van der Waals surface area (Å²) in [4.78, 5) is 69.5. The molecular weight excluding hydrogens is 612 g/mol. The van der Waals surface area contributed by atoms with Crippen molar-refractivity contribution >= 4 is 29.6 Å². The second-order valence-electron chi connectivity index (χ2n) is 14.4. The number of nitrogens with one attached hydrogen (secondary N) is 1. The first-order valence-electron chi connectivity index (χ1n) is 16.9. The number of hydrogen-bond donors (Lipinski definition) is 2. The number of Topliss-reactive ketones (excluding diaryl/α,β-unsaturated/α-hetero) is 2. The van der Waals surface area contributed by atoms with Crippen LogP contribution in [0.4, 0.5) is 4.79 Å². The van der Waals surface area contributed by atoms with Gasteiger partial charge in [0, 0.05) is 36.3 Å². The van der Waals surface area contributed by atoms with Crippen LogP contribution in [0, 0.1) is 29.6 Å². The van der Waals surface area contributed by atoms with E-state index in [0.717, 1.165) is 0 Å². The molecule has 2 N–H and O–H groups in total. The molecule has 0 radical (unpaired) electrons. The van der Waals surface area contributed by atoms with E-state index in [1.807, 2.05) is 25.9 Å². The van der Waals surface area contributed by atoms with Crippen LogP contribution < -0.4 is 5.32 Å². The van der Waals surface area contributed by atoms with Gasteiger partial charge in [-0.3, -0.25) is 19.2 Å². The maximum absolute atomic E-state index is 14.2. The Hall–Kier alpha value is -2.61. The molecule has 0 aromatic rings. The predicted molar refractivity (Wildman–Crippen MR) is 170 cm³/mol. The van der Waals surface area contributed by atoms with Gasteiger partial charge in [0.1, 0.15) is 41.2 Å². The third-order valence-corrected chi connectivity index (χ3v) is 10.5. The lowest BCUT2D eigenvalue weighted by Gasteiger charge is -2.47. The van der Waals surface area contributed by atoms with Crippen LogP contribution >= 0.6 is 0 Å². The molecule has 268 valence electrons. The minimum Gasteiger partial charge on any atom is -0.458 e. The summed E-state index contributed by atoms with van der Waals surface area (Å²) in [7, 11) is 3.66. The van der Waals surface area contributed by atoms with Crippen LogP contribution in [0.25, 0.3) is 0 Å². The highest BCUT2D eigenvalue weighted by Crippen LogP contribution is 2.45. The molecule has 3 aliphatic heterocycles. The average Bonchev–Trinajstić information content (AvgIpc) is 3.31. The molecule has 0 spiro atoms. The predicted octanol–water partition coefficient (Wildman–Crippen LogP) is 3.03. The summed E-state index contributed by atoms with van der Waals surface area (Å²) in [5, 5.41) is 14.0. The van der Waals surface area contributed by atoms with Gasteiger partial charge in [-0.15, -0.1) is 0 Å². The monoisotopic (exact) mass is 668 g/mol. The van der Waals surface area contributed by atoms with Crippen LogP contribution in [0.3, 0.4) is 0 Å². The second-order valence-corrected chi connectivity index (χ2v) is 14.4. The van der Waals surface area contributed by atoms with Gasteiger partial charge in [-0.1, -0.05) is 27.7 Å². The molecule has 0 aromatic carbocycles. The zero-order valence-electron chi connectivity index (χ0n) is 29.9. The molecule has 13 heteroatoms. The molecule has 1 amide bonds. The molecule has 3 saturated heterocycles. The van der Waals surface area contributed by atoms with Crippen molar-refractivity contribution in [3.8, 4) is 0 Å². The Morgan fingerprint density at radius 3 is 2.23 bits per heavy atom. The summed E-state index contributed by atoms with van der Waals surface area (Å²) in [5.74, 6) is -6.53. The largest absolute Gasteiger partial charge is 0.458 e. The van der Waals surface area contributed by atoms with Gasteiger partial charge in [0.2, 0.25) is 0 Å². The van der Waals surface area contributed by atoms with Gasteiger partial charge in [-0.25, -0.2) is 4.79 Å². The fourth-order valence-corrected chi connectivity index (χ4v) is 7.78. The highest BCUT2D eigenvalue weighted by Gasteiger charge is 2.57. The minimum atomic E-state index is -1.63. The molecular formula is C34H56N2O11. The Morgan fingerprint density at radius 1 is 1.02 bits per heavy atom. The number of ketones is 2. The molecule has 3 rings (SSSR count). The number of alkyl carbamates (subject to hydrolysis) is 1. The van der Waals surface area contributed by atoms with E-state index in [9.17, 15) is 29.1 Å². The molecule has 3 heterocycles. The number of ether oxygens (including phenoxy) is 5. The fourth-order valence-electron chi connectivity index (χ4n) is 7.78. The summed E-state index contributed by atoms with van der Waals surface area (Å²) in [6.07, 6.45) is -4.93.